The largest absolute Gasteiger partial charge is 4.00 e. The third kappa shape index (κ3) is 9.02. The van der Waals surface area contributed by atoms with Gasteiger partial charge in [0.1, 0.15) is 0 Å². The fourth-order valence-corrected chi connectivity index (χ4v) is 7.20. The van der Waals surface area contributed by atoms with E-state index >= 15 is 0 Å². The third-order valence-corrected chi connectivity index (χ3v) is 10.4. The first-order valence-corrected chi connectivity index (χ1v) is 17.5. The molecule has 1 unspecified atom stereocenters. The molecule has 0 N–H and O–H groups in total. The summed E-state index contributed by atoms with van der Waals surface area (Å²) in [5.74, 6) is 2.00. The Balaban J connectivity index is 0.000000245. The number of hydrogen-bond acceptors (Lipinski definition) is 0. The van der Waals surface area contributed by atoms with Crippen LogP contribution in [0.2, 0.25) is 0 Å². The zero-order valence-corrected chi connectivity index (χ0v) is 33.3. The SMILES string of the molecule is CCC(C)c1cc2c(-c3ccc(C(C)C)cc3)cccc2[cH-]1.CCc1cc2c(-c3ccc(C4CCCCC4)cc3)cccc2[cH-]1.[Cl-].[Cl-].[Zr+4]. The summed E-state index contributed by atoms with van der Waals surface area (Å²) in [6.07, 6.45) is 9.27. The molecule has 1 aliphatic rings. The molecule has 0 saturated heterocycles. The normalized spacial score (nSPS) is 13.6. The monoisotopic (exact) mass is 750 g/mol. The Morgan fingerprint density at radius 1 is 0.646 bits per heavy atom. The minimum absolute atomic E-state index is 0. The average Bonchev–Trinajstić information content (AvgIpc) is 3.73. The van der Waals surface area contributed by atoms with Crippen molar-refractivity contribution in [2.75, 3.05) is 0 Å². The maximum Gasteiger partial charge on any atom is 4.00 e. The van der Waals surface area contributed by atoms with Crippen LogP contribution in [-0.2, 0) is 32.6 Å². The van der Waals surface area contributed by atoms with Crippen LogP contribution in [-0.4, -0.2) is 0 Å². The molecule has 0 nitrogen and oxygen atoms in total. The molecule has 7 rings (SSSR count). The minimum atomic E-state index is 0. The zero-order valence-electron chi connectivity index (χ0n) is 29.3. The fourth-order valence-electron chi connectivity index (χ4n) is 7.20. The number of rotatable bonds is 7. The molecule has 0 aliphatic heterocycles. The van der Waals surface area contributed by atoms with E-state index < -0.39 is 0 Å². The van der Waals surface area contributed by atoms with Crippen LogP contribution in [0.25, 0.3) is 43.8 Å². The number of hydrogen-bond donors (Lipinski definition) is 0. The van der Waals surface area contributed by atoms with Gasteiger partial charge in [-0.3, -0.25) is 0 Å². The van der Waals surface area contributed by atoms with Crippen molar-refractivity contribution >= 4 is 21.5 Å². The van der Waals surface area contributed by atoms with Gasteiger partial charge in [-0.05, 0) is 59.3 Å². The molecule has 48 heavy (non-hydrogen) atoms. The van der Waals surface area contributed by atoms with Gasteiger partial charge in [-0.15, -0.1) is 69.1 Å². The fraction of sp³-hybridized carbons (Fsp3) is 0.333. The Kier molecular flexibility index (Phi) is 15.4. The van der Waals surface area contributed by atoms with Crippen LogP contribution in [0, 0.1) is 0 Å². The van der Waals surface area contributed by atoms with Gasteiger partial charge in [-0.1, -0.05) is 132 Å². The van der Waals surface area contributed by atoms with Crippen molar-refractivity contribution in [1.29, 1.82) is 0 Å². The van der Waals surface area contributed by atoms with Crippen LogP contribution in [0.15, 0.2) is 109 Å². The minimum Gasteiger partial charge on any atom is -1.00 e. The Morgan fingerprint density at radius 2 is 1.19 bits per heavy atom. The van der Waals surface area contributed by atoms with Crippen molar-refractivity contribution in [3.63, 3.8) is 0 Å². The Morgan fingerprint density at radius 3 is 1.73 bits per heavy atom. The van der Waals surface area contributed by atoms with Crippen LogP contribution >= 0.6 is 0 Å². The molecule has 0 radical (unpaired) electrons. The van der Waals surface area contributed by atoms with E-state index in [0.29, 0.717) is 11.8 Å². The first kappa shape index (κ1) is 40.0. The van der Waals surface area contributed by atoms with E-state index in [-0.39, 0.29) is 51.0 Å². The van der Waals surface area contributed by atoms with E-state index in [0.717, 1.165) is 12.3 Å². The standard InChI is InChI=1S/C23H25.C22H25.2ClH.Zr/c1-2-17-15-21-9-6-10-22(23(21)16-17)20-13-11-19(12-14-20)18-7-4-3-5-8-18;1-5-16(4)20-13-19-7-6-8-21(22(19)14-20)18-11-9-17(10-12-18)15(2)3;;;/h6,9-16,18H,2-5,7-8H2,1H3;6-16H,5H2,1-4H3;2*1H;/q2*-1;;;+4/p-2. The summed E-state index contributed by atoms with van der Waals surface area (Å²) >= 11 is 0. The molecule has 248 valence electrons. The molecule has 1 fully saturated rings. The summed E-state index contributed by atoms with van der Waals surface area (Å²) in [5.41, 5.74) is 11.2. The third-order valence-electron chi connectivity index (χ3n) is 10.4. The van der Waals surface area contributed by atoms with Crippen LogP contribution in [0.4, 0.5) is 0 Å². The van der Waals surface area contributed by atoms with Crippen LogP contribution < -0.4 is 24.8 Å². The van der Waals surface area contributed by atoms with Crippen LogP contribution in [0.1, 0.15) is 113 Å². The molecule has 1 saturated carbocycles. The van der Waals surface area contributed by atoms with Gasteiger partial charge in [-0.25, -0.2) is 0 Å². The van der Waals surface area contributed by atoms with Gasteiger partial charge in [0.25, 0.3) is 0 Å². The van der Waals surface area contributed by atoms with E-state index in [9.17, 15) is 0 Å². The molecule has 1 aliphatic carbocycles. The van der Waals surface area contributed by atoms with Gasteiger partial charge in [0.2, 0.25) is 0 Å². The van der Waals surface area contributed by atoms with Gasteiger partial charge in [0, 0.05) is 0 Å². The molecule has 0 bridgehead atoms. The second kappa shape index (κ2) is 18.5. The van der Waals surface area contributed by atoms with E-state index in [2.05, 4.69) is 144 Å². The van der Waals surface area contributed by atoms with Gasteiger partial charge in [0.15, 0.2) is 0 Å². The molecule has 0 aromatic heterocycles. The molecule has 0 spiro atoms. The first-order valence-electron chi connectivity index (χ1n) is 17.5. The summed E-state index contributed by atoms with van der Waals surface area (Å²) < 4.78 is 0. The van der Waals surface area contributed by atoms with Crippen LogP contribution in [0.5, 0.6) is 0 Å². The molecule has 0 amide bonds. The second-order valence-electron chi connectivity index (χ2n) is 13.7. The van der Waals surface area contributed by atoms with E-state index in [1.165, 1.54) is 105 Å². The maximum atomic E-state index is 2.38. The first-order chi connectivity index (χ1) is 21.9. The van der Waals surface area contributed by atoms with Crippen molar-refractivity contribution in [2.24, 2.45) is 0 Å². The predicted molar refractivity (Wildman–Crippen MR) is 198 cm³/mol. The number of halogens is 2. The second-order valence-corrected chi connectivity index (χ2v) is 13.7. The van der Waals surface area contributed by atoms with Gasteiger partial charge < -0.3 is 24.8 Å². The van der Waals surface area contributed by atoms with Crippen molar-refractivity contribution in [1.82, 2.24) is 0 Å². The number of aryl methyl sites for hydroxylation is 1. The van der Waals surface area contributed by atoms with Crippen LogP contribution in [0.3, 0.4) is 0 Å². The molecule has 1 atom stereocenters. The Hall–Kier alpha value is -2.44. The summed E-state index contributed by atoms with van der Waals surface area (Å²) in [7, 11) is 0. The van der Waals surface area contributed by atoms with Crippen molar-refractivity contribution < 1.29 is 51.0 Å². The van der Waals surface area contributed by atoms with Gasteiger partial charge >= 0.3 is 26.2 Å². The predicted octanol–water partition coefficient (Wildman–Crippen LogP) is 7.70. The average molecular weight is 753 g/mol. The number of fused-ring (bicyclic) bond motifs is 2. The van der Waals surface area contributed by atoms with Crippen molar-refractivity contribution in [3.05, 3.63) is 131 Å². The molecule has 6 aromatic carbocycles. The smallest absolute Gasteiger partial charge is 1.00 e. The number of benzene rings is 4. The van der Waals surface area contributed by atoms with E-state index in [1.54, 1.807) is 0 Å². The molecular weight excluding hydrogens is 703 g/mol. The topological polar surface area (TPSA) is 0 Å². The summed E-state index contributed by atoms with van der Waals surface area (Å²) in [5, 5.41) is 5.52. The van der Waals surface area contributed by atoms with E-state index in [4.69, 9.17) is 0 Å². The Labute approximate surface area is 321 Å². The summed E-state index contributed by atoms with van der Waals surface area (Å²) in [6.45, 7) is 11.3. The summed E-state index contributed by atoms with van der Waals surface area (Å²) in [4.78, 5) is 0. The quantitative estimate of drug-likeness (QED) is 0.147. The Bertz CT molecular complexity index is 1830. The van der Waals surface area contributed by atoms with Crippen molar-refractivity contribution in [2.45, 2.75) is 97.3 Å². The molecule has 6 aromatic rings. The maximum absolute atomic E-state index is 2.38. The van der Waals surface area contributed by atoms with E-state index in [1.807, 2.05) is 0 Å². The molecule has 3 heteroatoms. The summed E-state index contributed by atoms with van der Waals surface area (Å²) in [6, 6.07) is 41.2. The van der Waals surface area contributed by atoms with Crippen molar-refractivity contribution in [3.8, 4) is 22.3 Å². The molecule has 0 heterocycles. The zero-order chi connectivity index (χ0) is 31.3. The van der Waals surface area contributed by atoms with Gasteiger partial charge in [0.05, 0.1) is 0 Å². The van der Waals surface area contributed by atoms with Gasteiger partial charge in [-0.2, -0.15) is 12.1 Å². The molecular formula is C45H50Cl2Zr.